The number of piperidine rings is 2. The summed E-state index contributed by atoms with van der Waals surface area (Å²) in [5, 5.41) is 3.03. The largest absolute Gasteiger partial charge is 0.383 e. The van der Waals surface area contributed by atoms with Gasteiger partial charge in [-0.1, -0.05) is 18.2 Å². The maximum absolute atomic E-state index is 13.1. The fraction of sp³-hybridized carbons (Fsp3) is 0.619. The number of hydrogen-bond acceptors (Lipinski definition) is 4. The number of ether oxygens (including phenoxy) is 1. The molecule has 2 saturated heterocycles. The molecular weight excluding hydrogens is 342 g/mol. The number of nitrogens with zero attached hydrogens (tertiary/aromatic N) is 2. The molecule has 3 heterocycles. The SMILES string of the molecule is COCCN1CCC[C@H](C(=O)N2CCC3(CC2)C(=O)Nc2ccccc23)C1. The highest BCUT2D eigenvalue weighted by molar-refractivity contribution is 6.06. The van der Waals surface area contributed by atoms with Gasteiger partial charge in [-0.15, -0.1) is 0 Å². The van der Waals surface area contributed by atoms with Crippen LogP contribution >= 0.6 is 0 Å². The smallest absolute Gasteiger partial charge is 0.235 e. The second-order valence-electron chi connectivity index (χ2n) is 8.04. The van der Waals surface area contributed by atoms with E-state index in [4.69, 9.17) is 4.74 Å². The quantitative estimate of drug-likeness (QED) is 0.878. The molecule has 146 valence electrons. The average molecular weight is 371 g/mol. The second kappa shape index (κ2) is 7.60. The standard InChI is InChI=1S/C21H29N3O3/c1-27-14-13-23-10-4-5-16(15-23)19(25)24-11-8-21(9-12-24)17-6-2-3-7-18(17)22-20(21)26/h2-3,6-7,16H,4-5,8-15H2,1H3,(H,22,26)/t16-/m0/s1. The van der Waals surface area contributed by atoms with Crippen LogP contribution in [0.25, 0.3) is 0 Å². The molecule has 2 amide bonds. The van der Waals surface area contributed by atoms with E-state index in [0.717, 1.165) is 43.7 Å². The molecule has 1 aromatic carbocycles. The first-order valence-corrected chi connectivity index (χ1v) is 10.0. The first-order valence-electron chi connectivity index (χ1n) is 10.0. The third-order valence-electron chi connectivity index (χ3n) is 6.52. The lowest BCUT2D eigenvalue weighted by atomic mass is 9.73. The molecule has 0 bridgehead atoms. The number of nitrogens with one attached hydrogen (secondary N) is 1. The Hall–Kier alpha value is -1.92. The van der Waals surface area contributed by atoms with E-state index >= 15 is 0 Å². The normalized spacial score (nSPS) is 24.7. The van der Waals surface area contributed by atoms with Gasteiger partial charge in [0.1, 0.15) is 0 Å². The molecule has 0 radical (unpaired) electrons. The molecule has 3 aliphatic heterocycles. The number of likely N-dealkylation sites (tertiary alicyclic amines) is 2. The summed E-state index contributed by atoms with van der Waals surface area (Å²) in [6, 6.07) is 7.97. The third-order valence-corrected chi connectivity index (χ3v) is 6.52. The van der Waals surface area contributed by atoms with Crippen LogP contribution in [0.3, 0.4) is 0 Å². The first kappa shape index (κ1) is 18.4. The summed E-state index contributed by atoms with van der Waals surface area (Å²) in [4.78, 5) is 30.1. The van der Waals surface area contributed by atoms with E-state index in [1.807, 2.05) is 23.1 Å². The van der Waals surface area contributed by atoms with Gasteiger partial charge in [-0.05, 0) is 43.9 Å². The Morgan fingerprint density at radius 2 is 2.04 bits per heavy atom. The molecule has 27 heavy (non-hydrogen) atoms. The molecule has 0 aromatic heterocycles. The Morgan fingerprint density at radius 3 is 2.81 bits per heavy atom. The van der Waals surface area contributed by atoms with E-state index in [1.165, 1.54) is 0 Å². The molecule has 1 aromatic rings. The number of amides is 2. The highest BCUT2D eigenvalue weighted by Crippen LogP contribution is 2.44. The molecule has 0 unspecified atom stereocenters. The van der Waals surface area contributed by atoms with Gasteiger partial charge in [-0.3, -0.25) is 9.59 Å². The summed E-state index contributed by atoms with van der Waals surface area (Å²) in [6.45, 7) is 4.80. The van der Waals surface area contributed by atoms with Crippen LogP contribution in [-0.2, 0) is 19.7 Å². The summed E-state index contributed by atoms with van der Waals surface area (Å²) in [6.07, 6.45) is 3.45. The monoisotopic (exact) mass is 371 g/mol. The van der Waals surface area contributed by atoms with Gasteiger partial charge in [0.2, 0.25) is 11.8 Å². The summed E-state index contributed by atoms with van der Waals surface area (Å²) in [7, 11) is 1.72. The van der Waals surface area contributed by atoms with E-state index in [-0.39, 0.29) is 17.7 Å². The van der Waals surface area contributed by atoms with Gasteiger partial charge in [0, 0.05) is 39.0 Å². The van der Waals surface area contributed by atoms with Crippen molar-refractivity contribution in [3.05, 3.63) is 29.8 Å². The van der Waals surface area contributed by atoms with Crippen molar-refractivity contribution in [1.82, 2.24) is 9.80 Å². The number of fused-ring (bicyclic) bond motifs is 2. The number of anilines is 1. The zero-order valence-corrected chi connectivity index (χ0v) is 16.1. The Bertz CT molecular complexity index is 712. The van der Waals surface area contributed by atoms with Gasteiger partial charge in [0.15, 0.2) is 0 Å². The number of carbonyl (C=O) groups is 2. The van der Waals surface area contributed by atoms with Crippen LogP contribution in [-0.4, -0.2) is 68.1 Å². The summed E-state index contributed by atoms with van der Waals surface area (Å²) >= 11 is 0. The van der Waals surface area contributed by atoms with Crippen LogP contribution in [0, 0.1) is 5.92 Å². The van der Waals surface area contributed by atoms with Crippen molar-refractivity contribution in [2.24, 2.45) is 5.92 Å². The molecule has 3 aliphatic rings. The van der Waals surface area contributed by atoms with Crippen LogP contribution in [0.15, 0.2) is 24.3 Å². The average Bonchev–Trinajstić information content (AvgIpc) is 2.98. The van der Waals surface area contributed by atoms with Crippen molar-refractivity contribution in [3.8, 4) is 0 Å². The molecule has 1 atom stereocenters. The minimum atomic E-state index is -0.454. The maximum Gasteiger partial charge on any atom is 0.235 e. The Morgan fingerprint density at radius 1 is 1.26 bits per heavy atom. The number of para-hydroxylation sites is 1. The molecule has 4 rings (SSSR count). The van der Waals surface area contributed by atoms with Crippen LogP contribution in [0.1, 0.15) is 31.2 Å². The highest BCUT2D eigenvalue weighted by atomic mass is 16.5. The lowest BCUT2D eigenvalue weighted by Gasteiger charge is -2.41. The molecule has 2 fully saturated rings. The predicted molar refractivity (Wildman–Crippen MR) is 104 cm³/mol. The molecule has 6 nitrogen and oxygen atoms in total. The minimum absolute atomic E-state index is 0.0781. The van der Waals surface area contributed by atoms with Gasteiger partial charge >= 0.3 is 0 Å². The Labute approximate surface area is 160 Å². The molecule has 1 N–H and O–H groups in total. The lowest BCUT2D eigenvalue weighted by Crippen LogP contribution is -2.51. The summed E-state index contributed by atoms with van der Waals surface area (Å²) in [5.74, 6) is 0.437. The maximum atomic E-state index is 13.1. The van der Waals surface area contributed by atoms with Crippen LogP contribution in [0.4, 0.5) is 5.69 Å². The van der Waals surface area contributed by atoms with Crippen molar-refractivity contribution in [3.63, 3.8) is 0 Å². The number of carbonyl (C=O) groups excluding carboxylic acids is 2. The first-order chi connectivity index (χ1) is 13.1. The number of rotatable bonds is 4. The highest BCUT2D eigenvalue weighted by Gasteiger charge is 2.49. The van der Waals surface area contributed by atoms with Gasteiger partial charge in [-0.25, -0.2) is 0 Å². The Balaban J connectivity index is 1.39. The van der Waals surface area contributed by atoms with E-state index < -0.39 is 5.41 Å². The van der Waals surface area contributed by atoms with Crippen molar-refractivity contribution in [1.29, 1.82) is 0 Å². The van der Waals surface area contributed by atoms with E-state index in [1.54, 1.807) is 7.11 Å². The van der Waals surface area contributed by atoms with Crippen LogP contribution < -0.4 is 5.32 Å². The van der Waals surface area contributed by atoms with E-state index in [9.17, 15) is 9.59 Å². The van der Waals surface area contributed by atoms with Crippen LogP contribution in [0.5, 0.6) is 0 Å². The van der Waals surface area contributed by atoms with Gasteiger partial charge < -0.3 is 19.9 Å². The van der Waals surface area contributed by atoms with Crippen molar-refractivity contribution < 1.29 is 14.3 Å². The molecule has 0 saturated carbocycles. The number of hydrogen-bond donors (Lipinski definition) is 1. The van der Waals surface area contributed by atoms with Gasteiger partial charge in [-0.2, -0.15) is 0 Å². The Kier molecular flexibility index (Phi) is 5.19. The summed E-state index contributed by atoms with van der Waals surface area (Å²) in [5.41, 5.74) is 1.58. The van der Waals surface area contributed by atoms with Gasteiger partial charge in [0.25, 0.3) is 0 Å². The fourth-order valence-electron chi connectivity index (χ4n) is 4.92. The van der Waals surface area contributed by atoms with Crippen molar-refractivity contribution in [2.75, 3.05) is 51.8 Å². The number of benzene rings is 1. The van der Waals surface area contributed by atoms with E-state index in [0.29, 0.717) is 32.5 Å². The van der Waals surface area contributed by atoms with Crippen molar-refractivity contribution in [2.45, 2.75) is 31.1 Å². The van der Waals surface area contributed by atoms with Crippen molar-refractivity contribution >= 4 is 17.5 Å². The zero-order chi connectivity index (χ0) is 18.9. The molecule has 1 spiro atoms. The van der Waals surface area contributed by atoms with E-state index in [2.05, 4.69) is 16.3 Å². The molecule has 6 heteroatoms. The lowest BCUT2D eigenvalue weighted by molar-refractivity contribution is -0.140. The van der Waals surface area contributed by atoms with Crippen LogP contribution in [0.2, 0.25) is 0 Å². The number of methoxy groups -OCH3 is 1. The third kappa shape index (κ3) is 3.36. The topological polar surface area (TPSA) is 61.9 Å². The minimum Gasteiger partial charge on any atom is -0.383 e. The predicted octanol–water partition coefficient (Wildman–Crippen LogP) is 1.86. The zero-order valence-electron chi connectivity index (χ0n) is 16.1. The molecule has 0 aliphatic carbocycles. The molecular formula is C21H29N3O3. The fourth-order valence-corrected chi connectivity index (χ4v) is 4.92. The second-order valence-corrected chi connectivity index (χ2v) is 8.04. The summed E-state index contributed by atoms with van der Waals surface area (Å²) < 4.78 is 5.17. The van der Waals surface area contributed by atoms with Gasteiger partial charge in [0.05, 0.1) is 17.9 Å².